The number of halogens is 1. The van der Waals surface area contributed by atoms with Gasteiger partial charge in [0, 0.05) is 4.47 Å². The van der Waals surface area contributed by atoms with Crippen LogP contribution in [0.2, 0.25) is 0 Å². The Balaban J connectivity index is 2.39. The van der Waals surface area contributed by atoms with Crippen molar-refractivity contribution in [1.29, 1.82) is 0 Å². The molecular formula is C14H17BrO4S. The molecule has 0 saturated heterocycles. The first kappa shape index (κ1) is 15.5. The minimum Gasteiger partial charge on any atom is -0.478 e. The van der Waals surface area contributed by atoms with E-state index in [-0.39, 0.29) is 10.5 Å². The Hall–Kier alpha value is -0.880. The van der Waals surface area contributed by atoms with Crippen molar-refractivity contribution in [1.82, 2.24) is 0 Å². The third kappa shape index (κ3) is 3.06. The van der Waals surface area contributed by atoms with Crippen LogP contribution < -0.4 is 0 Å². The SMILES string of the molecule is CC1CCCC(S(=O)(=O)c2ccc(Br)c(C(=O)O)c2)C1. The lowest BCUT2D eigenvalue weighted by atomic mass is 9.91. The zero-order chi connectivity index (χ0) is 14.9. The van der Waals surface area contributed by atoms with Gasteiger partial charge in [-0.05, 0) is 52.9 Å². The second kappa shape index (κ2) is 5.85. The summed E-state index contributed by atoms with van der Waals surface area (Å²) in [7, 11) is -3.45. The molecule has 110 valence electrons. The molecular weight excluding hydrogens is 344 g/mol. The number of hydrogen-bond acceptors (Lipinski definition) is 3. The fourth-order valence-corrected chi connectivity index (χ4v) is 5.10. The molecule has 1 aromatic carbocycles. The number of sulfone groups is 1. The van der Waals surface area contributed by atoms with Crippen LogP contribution in [0.25, 0.3) is 0 Å². The van der Waals surface area contributed by atoms with E-state index in [9.17, 15) is 13.2 Å². The first-order valence-electron chi connectivity index (χ1n) is 6.59. The molecule has 0 amide bonds. The zero-order valence-electron chi connectivity index (χ0n) is 11.2. The third-order valence-electron chi connectivity index (χ3n) is 3.82. The normalized spacial score (nSPS) is 23.5. The van der Waals surface area contributed by atoms with Gasteiger partial charge in [0.2, 0.25) is 0 Å². The number of benzene rings is 1. The maximum absolute atomic E-state index is 12.6. The van der Waals surface area contributed by atoms with Crippen molar-refractivity contribution in [3.8, 4) is 0 Å². The van der Waals surface area contributed by atoms with Gasteiger partial charge in [-0.25, -0.2) is 13.2 Å². The summed E-state index contributed by atoms with van der Waals surface area (Å²) in [5.74, 6) is -0.733. The Morgan fingerprint density at radius 3 is 2.65 bits per heavy atom. The minimum absolute atomic E-state index is 0.0186. The second-order valence-electron chi connectivity index (χ2n) is 5.39. The van der Waals surface area contributed by atoms with Crippen molar-refractivity contribution in [3.05, 3.63) is 28.2 Å². The standard InChI is InChI=1S/C14H17BrO4S/c1-9-3-2-4-10(7-9)20(18,19)11-5-6-13(15)12(8-11)14(16)17/h5-6,8-10H,2-4,7H2,1H3,(H,16,17). The summed E-state index contributed by atoms with van der Waals surface area (Å²) in [4.78, 5) is 11.2. The summed E-state index contributed by atoms with van der Waals surface area (Å²) in [6, 6.07) is 4.22. The second-order valence-corrected chi connectivity index (χ2v) is 8.47. The molecule has 1 N–H and O–H groups in total. The number of carboxylic acid groups (broad SMARTS) is 1. The van der Waals surface area contributed by atoms with Crippen LogP contribution in [-0.2, 0) is 9.84 Å². The van der Waals surface area contributed by atoms with E-state index in [2.05, 4.69) is 22.9 Å². The Kier molecular flexibility index (Phi) is 4.54. The van der Waals surface area contributed by atoms with E-state index < -0.39 is 21.1 Å². The Bertz CT molecular complexity index is 624. The van der Waals surface area contributed by atoms with Crippen molar-refractivity contribution in [2.75, 3.05) is 0 Å². The topological polar surface area (TPSA) is 71.4 Å². The van der Waals surface area contributed by atoms with E-state index in [0.717, 1.165) is 12.8 Å². The molecule has 0 bridgehead atoms. The van der Waals surface area contributed by atoms with E-state index >= 15 is 0 Å². The number of carbonyl (C=O) groups is 1. The molecule has 0 aromatic heterocycles. The lowest BCUT2D eigenvalue weighted by molar-refractivity contribution is 0.0695. The van der Waals surface area contributed by atoms with E-state index in [1.807, 2.05) is 0 Å². The number of hydrogen-bond donors (Lipinski definition) is 1. The van der Waals surface area contributed by atoms with Gasteiger partial charge in [-0.3, -0.25) is 0 Å². The monoisotopic (exact) mass is 360 g/mol. The molecule has 1 aromatic rings. The highest BCUT2D eigenvalue weighted by Crippen LogP contribution is 2.33. The Morgan fingerprint density at radius 2 is 2.05 bits per heavy atom. The molecule has 1 fully saturated rings. The van der Waals surface area contributed by atoms with E-state index in [1.165, 1.54) is 18.2 Å². The van der Waals surface area contributed by atoms with Crippen molar-refractivity contribution in [3.63, 3.8) is 0 Å². The van der Waals surface area contributed by atoms with Gasteiger partial charge in [0.1, 0.15) is 0 Å². The number of aromatic carboxylic acids is 1. The fraction of sp³-hybridized carbons (Fsp3) is 0.500. The number of rotatable bonds is 3. The molecule has 0 aliphatic heterocycles. The summed E-state index contributed by atoms with van der Waals surface area (Å²) in [6.45, 7) is 2.06. The fourth-order valence-electron chi connectivity index (χ4n) is 2.70. The number of carboxylic acids is 1. The van der Waals surface area contributed by atoms with Gasteiger partial charge in [0.25, 0.3) is 0 Å². The molecule has 2 atom stereocenters. The van der Waals surface area contributed by atoms with Crippen molar-refractivity contribution >= 4 is 31.7 Å². The van der Waals surface area contributed by atoms with Crippen molar-refractivity contribution < 1.29 is 18.3 Å². The van der Waals surface area contributed by atoms with Crippen molar-refractivity contribution in [2.45, 2.75) is 42.8 Å². The molecule has 1 aliphatic rings. The molecule has 1 aliphatic carbocycles. The van der Waals surface area contributed by atoms with Gasteiger partial charge in [0.05, 0.1) is 15.7 Å². The summed E-state index contributed by atoms with van der Waals surface area (Å²) in [5, 5.41) is 8.69. The van der Waals surface area contributed by atoms with Gasteiger partial charge in [0.15, 0.2) is 9.84 Å². The molecule has 2 unspecified atom stereocenters. The summed E-state index contributed by atoms with van der Waals surface area (Å²) in [6.07, 6.45) is 3.28. The first-order valence-corrected chi connectivity index (χ1v) is 8.93. The lowest BCUT2D eigenvalue weighted by Crippen LogP contribution is -2.27. The summed E-state index contributed by atoms with van der Waals surface area (Å²) in [5.41, 5.74) is -0.0186. The lowest BCUT2D eigenvalue weighted by Gasteiger charge is -2.26. The van der Waals surface area contributed by atoms with Gasteiger partial charge < -0.3 is 5.11 Å². The van der Waals surface area contributed by atoms with Crippen LogP contribution in [0.1, 0.15) is 43.0 Å². The maximum Gasteiger partial charge on any atom is 0.336 e. The quantitative estimate of drug-likeness (QED) is 0.895. The van der Waals surface area contributed by atoms with Crippen molar-refractivity contribution in [2.24, 2.45) is 5.92 Å². The van der Waals surface area contributed by atoms with Gasteiger partial charge in [-0.1, -0.05) is 19.8 Å². The van der Waals surface area contributed by atoms with Crippen LogP contribution in [0.4, 0.5) is 0 Å². The molecule has 6 heteroatoms. The van der Waals surface area contributed by atoms with Crippen LogP contribution in [-0.4, -0.2) is 24.7 Å². The maximum atomic E-state index is 12.6. The van der Waals surface area contributed by atoms with Gasteiger partial charge >= 0.3 is 5.97 Å². The van der Waals surface area contributed by atoms with Crippen LogP contribution in [0.3, 0.4) is 0 Å². The predicted octanol–water partition coefficient (Wildman–Crippen LogP) is 3.50. The Morgan fingerprint density at radius 1 is 1.35 bits per heavy atom. The Labute approximate surface area is 127 Å². The molecule has 0 spiro atoms. The minimum atomic E-state index is -3.45. The summed E-state index contributed by atoms with van der Waals surface area (Å²) < 4.78 is 25.6. The van der Waals surface area contributed by atoms with E-state index in [4.69, 9.17) is 5.11 Å². The molecule has 0 heterocycles. The average Bonchev–Trinajstić information content (AvgIpc) is 2.38. The van der Waals surface area contributed by atoms with E-state index in [0.29, 0.717) is 23.2 Å². The van der Waals surface area contributed by atoms with Crippen LogP contribution in [0.15, 0.2) is 27.6 Å². The molecule has 0 radical (unpaired) electrons. The largest absolute Gasteiger partial charge is 0.478 e. The molecule has 2 rings (SSSR count). The highest BCUT2D eigenvalue weighted by Gasteiger charge is 2.32. The smallest absolute Gasteiger partial charge is 0.336 e. The predicted molar refractivity (Wildman–Crippen MR) is 79.7 cm³/mol. The molecule has 20 heavy (non-hydrogen) atoms. The van der Waals surface area contributed by atoms with Gasteiger partial charge in [-0.2, -0.15) is 0 Å². The highest BCUT2D eigenvalue weighted by molar-refractivity contribution is 9.10. The molecule has 4 nitrogen and oxygen atoms in total. The zero-order valence-corrected chi connectivity index (χ0v) is 13.6. The van der Waals surface area contributed by atoms with E-state index in [1.54, 1.807) is 0 Å². The van der Waals surface area contributed by atoms with Crippen LogP contribution in [0.5, 0.6) is 0 Å². The highest BCUT2D eigenvalue weighted by atomic mass is 79.9. The van der Waals surface area contributed by atoms with Crippen LogP contribution >= 0.6 is 15.9 Å². The average molecular weight is 361 g/mol. The van der Waals surface area contributed by atoms with Crippen LogP contribution in [0, 0.1) is 5.92 Å². The summed E-state index contributed by atoms with van der Waals surface area (Å²) >= 11 is 3.13. The molecule has 1 saturated carbocycles. The van der Waals surface area contributed by atoms with Gasteiger partial charge in [-0.15, -0.1) is 0 Å². The first-order chi connectivity index (χ1) is 9.32. The third-order valence-corrected chi connectivity index (χ3v) is 6.73.